The monoisotopic (exact) mass is 565 g/mol. The third-order valence-corrected chi connectivity index (χ3v) is 7.15. The maximum Gasteiger partial charge on any atom is 0.251 e. The lowest BCUT2D eigenvalue weighted by molar-refractivity contribution is 0.0814. The molecule has 2 atom stereocenters. The number of rotatable bonds is 12. The van der Waals surface area contributed by atoms with Gasteiger partial charge in [-0.15, -0.1) is 0 Å². The van der Waals surface area contributed by atoms with E-state index in [1.54, 1.807) is 24.4 Å². The van der Waals surface area contributed by atoms with E-state index < -0.39 is 29.7 Å². The molecule has 11 heteroatoms. The second kappa shape index (κ2) is 12.9. The average molecular weight is 566 g/mol. The van der Waals surface area contributed by atoms with Gasteiger partial charge in [-0.2, -0.15) is 5.10 Å². The van der Waals surface area contributed by atoms with Crippen LogP contribution in [-0.2, 0) is 12.8 Å². The van der Waals surface area contributed by atoms with E-state index in [-0.39, 0.29) is 12.8 Å². The van der Waals surface area contributed by atoms with Crippen molar-refractivity contribution in [3.8, 4) is 17.2 Å². The van der Waals surface area contributed by atoms with Crippen molar-refractivity contribution in [3.63, 3.8) is 0 Å². The Morgan fingerprint density at radius 1 is 1.20 bits per heavy atom. The minimum atomic E-state index is -1.01. The summed E-state index contributed by atoms with van der Waals surface area (Å²) < 4.78 is 39.5. The van der Waals surface area contributed by atoms with Crippen LogP contribution in [0.15, 0.2) is 59.5 Å². The number of carbonyl (C=O) groups excluding carboxylic acids is 1. The van der Waals surface area contributed by atoms with Crippen LogP contribution in [0.25, 0.3) is 11.5 Å². The number of nitrogens with one attached hydrogen (secondary N) is 2. The highest BCUT2D eigenvalue weighted by molar-refractivity contribution is 5.98. The number of carbonyl (C=O) groups is 1. The van der Waals surface area contributed by atoms with Crippen LogP contribution < -0.4 is 15.0 Å². The standard InChI is InChI=1S/C30H33F2N5O4/c1-2-3-9-37-10-12-40-28-24(30-33-8-11-41-30)16-20(17-26(28)37)29(39)35-25(15-19-13-21(31)18-22(32)14-19)27(38)5-4-23-6-7-34-36-23/h6-8,11,13-14,16-18,25,27,38H,2-5,9-10,12,15H2,1H3,(H,34,36)(H,35,39). The third-order valence-electron chi connectivity index (χ3n) is 7.15. The molecule has 1 aliphatic heterocycles. The van der Waals surface area contributed by atoms with Crippen molar-refractivity contribution in [2.45, 2.75) is 51.2 Å². The number of hydrogen-bond acceptors (Lipinski definition) is 7. The van der Waals surface area contributed by atoms with Crippen molar-refractivity contribution < 1.29 is 27.8 Å². The van der Waals surface area contributed by atoms with Gasteiger partial charge in [-0.1, -0.05) is 13.3 Å². The molecule has 2 unspecified atom stereocenters. The van der Waals surface area contributed by atoms with Crippen LogP contribution in [0.1, 0.15) is 47.8 Å². The van der Waals surface area contributed by atoms with Gasteiger partial charge in [0.2, 0.25) is 5.89 Å². The van der Waals surface area contributed by atoms with Crippen LogP contribution in [0.2, 0.25) is 0 Å². The van der Waals surface area contributed by atoms with E-state index in [0.717, 1.165) is 36.8 Å². The molecule has 0 saturated carbocycles. The van der Waals surface area contributed by atoms with Gasteiger partial charge >= 0.3 is 0 Å². The topological polar surface area (TPSA) is 117 Å². The van der Waals surface area contributed by atoms with Crippen molar-refractivity contribution in [2.24, 2.45) is 0 Å². The molecule has 0 fully saturated rings. The number of fused-ring (bicyclic) bond motifs is 1. The number of aliphatic hydroxyl groups excluding tert-OH is 1. The summed E-state index contributed by atoms with van der Waals surface area (Å²) in [6, 6.07) is 7.57. The van der Waals surface area contributed by atoms with Crippen molar-refractivity contribution in [1.82, 2.24) is 20.5 Å². The van der Waals surface area contributed by atoms with E-state index in [9.17, 15) is 18.7 Å². The van der Waals surface area contributed by atoms with Crippen molar-refractivity contribution in [1.29, 1.82) is 0 Å². The zero-order chi connectivity index (χ0) is 28.8. The number of oxazole rings is 1. The van der Waals surface area contributed by atoms with Gasteiger partial charge < -0.3 is 24.5 Å². The minimum absolute atomic E-state index is 0.0217. The van der Waals surface area contributed by atoms with Crippen molar-refractivity contribution >= 4 is 11.6 Å². The lowest BCUT2D eigenvalue weighted by Crippen LogP contribution is -2.45. The van der Waals surface area contributed by atoms with Crippen LogP contribution in [-0.4, -0.2) is 58.0 Å². The number of aromatic nitrogens is 3. The zero-order valence-electron chi connectivity index (χ0n) is 22.8. The maximum absolute atomic E-state index is 14.0. The van der Waals surface area contributed by atoms with E-state index >= 15 is 0 Å². The molecule has 3 heterocycles. The van der Waals surface area contributed by atoms with Gasteiger partial charge in [0.1, 0.15) is 24.5 Å². The highest BCUT2D eigenvalue weighted by Gasteiger charge is 2.28. The predicted molar refractivity (Wildman–Crippen MR) is 149 cm³/mol. The summed E-state index contributed by atoms with van der Waals surface area (Å²) in [6.45, 7) is 4.07. The van der Waals surface area contributed by atoms with Gasteiger partial charge in [-0.05, 0) is 61.6 Å². The Bertz CT molecular complexity index is 1430. The smallest absolute Gasteiger partial charge is 0.251 e. The summed E-state index contributed by atoms with van der Waals surface area (Å²) in [5.74, 6) is -0.995. The SMILES string of the molecule is CCCCN1CCOc2c(-c3ncco3)cc(C(=O)NC(Cc3cc(F)cc(F)c3)C(O)CCc3ccn[nH]3)cc21. The molecule has 4 aromatic rings. The molecule has 3 N–H and O–H groups in total. The Hall–Kier alpha value is -4.25. The van der Waals surface area contributed by atoms with Crippen LogP contribution in [0, 0.1) is 11.6 Å². The predicted octanol–water partition coefficient (Wildman–Crippen LogP) is 4.68. The Morgan fingerprint density at radius 3 is 2.73 bits per heavy atom. The molecule has 0 saturated heterocycles. The highest BCUT2D eigenvalue weighted by Crippen LogP contribution is 2.41. The van der Waals surface area contributed by atoms with Crippen LogP contribution >= 0.6 is 0 Å². The van der Waals surface area contributed by atoms with Gasteiger partial charge in [-0.3, -0.25) is 9.89 Å². The summed E-state index contributed by atoms with van der Waals surface area (Å²) in [5, 5.41) is 20.8. The molecular formula is C30H33F2N5O4. The number of anilines is 1. The van der Waals surface area contributed by atoms with E-state index in [1.807, 2.05) is 0 Å². The number of amides is 1. The van der Waals surface area contributed by atoms with Crippen molar-refractivity contribution in [2.75, 3.05) is 24.6 Å². The maximum atomic E-state index is 14.0. The van der Waals surface area contributed by atoms with Gasteiger partial charge in [-0.25, -0.2) is 13.8 Å². The molecule has 9 nitrogen and oxygen atoms in total. The first kappa shape index (κ1) is 28.3. The van der Waals surface area contributed by atoms with E-state index in [2.05, 4.69) is 32.3 Å². The molecular weight excluding hydrogens is 532 g/mol. The number of nitrogens with zero attached hydrogens (tertiary/aromatic N) is 3. The molecule has 1 aliphatic rings. The normalized spacial score (nSPS) is 14.3. The first-order valence-corrected chi connectivity index (χ1v) is 13.8. The Balaban J connectivity index is 1.45. The molecule has 0 bridgehead atoms. The first-order valence-electron chi connectivity index (χ1n) is 13.8. The average Bonchev–Trinajstić information content (AvgIpc) is 3.68. The molecule has 2 aromatic carbocycles. The second-order valence-corrected chi connectivity index (χ2v) is 10.1. The summed E-state index contributed by atoms with van der Waals surface area (Å²) in [6.07, 6.45) is 6.35. The lowest BCUT2D eigenvalue weighted by Gasteiger charge is -2.33. The van der Waals surface area contributed by atoms with E-state index in [0.29, 0.717) is 47.9 Å². The van der Waals surface area contributed by atoms with Crippen molar-refractivity contribution in [3.05, 3.63) is 83.5 Å². The largest absolute Gasteiger partial charge is 0.489 e. The molecule has 1 amide bonds. The summed E-state index contributed by atoms with van der Waals surface area (Å²) in [4.78, 5) is 20.2. The molecule has 0 aliphatic carbocycles. The number of aromatic amines is 1. The zero-order valence-corrected chi connectivity index (χ0v) is 22.8. The fourth-order valence-corrected chi connectivity index (χ4v) is 5.05. The number of aliphatic hydroxyl groups is 1. The summed E-state index contributed by atoms with van der Waals surface area (Å²) in [5.41, 5.74) is 2.76. The molecule has 2 aromatic heterocycles. The number of aryl methyl sites for hydroxylation is 1. The van der Waals surface area contributed by atoms with Gasteiger partial charge in [0, 0.05) is 30.1 Å². The Morgan fingerprint density at radius 2 is 2.02 bits per heavy atom. The molecule has 5 rings (SSSR count). The van der Waals surface area contributed by atoms with Gasteiger partial charge in [0.15, 0.2) is 5.75 Å². The summed E-state index contributed by atoms with van der Waals surface area (Å²) >= 11 is 0. The number of H-pyrrole nitrogens is 1. The number of ether oxygens (including phenoxy) is 1. The Kier molecular flexibility index (Phi) is 8.93. The van der Waals surface area contributed by atoms with Crippen LogP contribution in [0.4, 0.5) is 14.5 Å². The van der Waals surface area contributed by atoms with Crippen LogP contribution in [0.5, 0.6) is 5.75 Å². The minimum Gasteiger partial charge on any atom is -0.489 e. The number of halogens is 2. The fourth-order valence-electron chi connectivity index (χ4n) is 5.05. The Labute approximate surface area is 236 Å². The van der Waals surface area contributed by atoms with Crippen LogP contribution in [0.3, 0.4) is 0 Å². The van der Waals surface area contributed by atoms with Gasteiger partial charge in [0.25, 0.3) is 5.91 Å². The van der Waals surface area contributed by atoms with E-state index in [1.165, 1.54) is 24.6 Å². The molecule has 0 spiro atoms. The van der Waals surface area contributed by atoms with E-state index in [4.69, 9.17) is 9.15 Å². The van der Waals surface area contributed by atoms with Gasteiger partial charge in [0.05, 0.1) is 36.1 Å². The lowest BCUT2D eigenvalue weighted by atomic mass is 9.96. The third kappa shape index (κ3) is 6.91. The highest BCUT2D eigenvalue weighted by atomic mass is 19.1. The second-order valence-electron chi connectivity index (χ2n) is 10.1. The quantitative estimate of drug-likeness (QED) is 0.229. The number of unbranched alkanes of at least 4 members (excludes halogenated alkanes) is 1. The fraction of sp³-hybridized carbons (Fsp3) is 0.367. The first-order chi connectivity index (χ1) is 19.9. The number of benzene rings is 2. The molecule has 41 heavy (non-hydrogen) atoms. The molecule has 0 radical (unpaired) electrons. The molecule has 216 valence electrons. The number of hydrogen-bond donors (Lipinski definition) is 3. The summed E-state index contributed by atoms with van der Waals surface area (Å²) in [7, 11) is 0.